The Balaban J connectivity index is 1.50. The summed E-state index contributed by atoms with van der Waals surface area (Å²) in [6.45, 7) is -0.370. The number of carboxylic acids is 1. The van der Waals surface area contributed by atoms with Gasteiger partial charge < -0.3 is 10.0 Å². The second kappa shape index (κ2) is 8.94. The maximum absolute atomic E-state index is 15.0. The van der Waals surface area contributed by atoms with Crippen LogP contribution in [0.3, 0.4) is 0 Å². The van der Waals surface area contributed by atoms with Gasteiger partial charge in [-0.1, -0.05) is 19.3 Å². The first-order valence-electron chi connectivity index (χ1n) is 11.6. The van der Waals surface area contributed by atoms with Crippen molar-refractivity contribution in [2.75, 3.05) is 19.8 Å². The summed E-state index contributed by atoms with van der Waals surface area (Å²) < 4.78 is 43.6. The monoisotopic (exact) mass is 488 g/mol. The van der Waals surface area contributed by atoms with Crippen LogP contribution in [0.1, 0.15) is 75.7 Å². The quantitative estimate of drug-likeness (QED) is 0.686. The van der Waals surface area contributed by atoms with Gasteiger partial charge in [0.25, 0.3) is 5.91 Å². The van der Waals surface area contributed by atoms with Gasteiger partial charge in [-0.15, -0.1) is 0 Å². The molecule has 2 aliphatic heterocycles. The third kappa shape index (κ3) is 4.02. The average molecular weight is 488 g/mol. The number of likely N-dealkylation sites (tertiary alicyclic amines) is 1. The number of hydrogen-bond donors (Lipinski definition) is 1. The molecule has 1 aliphatic carbocycles. The first-order chi connectivity index (χ1) is 16.8. The van der Waals surface area contributed by atoms with Crippen molar-refractivity contribution in [1.29, 1.82) is 0 Å². The van der Waals surface area contributed by atoms with Gasteiger partial charge in [0.15, 0.2) is 5.69 Å². The van der Waals surface area contributed by atoms with E-state index in [-0.39, 0.29) is 59.4 Å². The van der Waals surface area contributed by atoms with Gasteiger partial charge in [0.05, 0.1) is 23.6 Å². The number of aromatic carboxylic acids is 1. The number of benzene rings is 1. The molecule has 2 fully saturated rings. The smallest absolute Gasteiger partial charge is 0.368 e. The third-order valence-corrected chi connectivity index (χ3v) is 7.03. The number of halogens is 3. The van der Waals surface area contributed by atoms with Crippen molar-refractivity contribution in [2.24, 2.45) is 10.9 Å². The number of aliphatic imine (C=N–C) groups is 1. The van der Waals surface area contributed by atoms with Crippen LogP contribution in [0.25, 0.3) is 0 Å². The van der Waals surface area contributed by atoms with E-state index in [4.69, 9.17) is 0 Å². The number of carbonyl (C=O) groups is 3. The van der Waals surface area contributed by atoms with Crippen molar-refractivity contribution in [3.05, 3.63) is 51.8 Å². The molecule has 1 N–H and O–H groups in total. The van der Waals surface area contributed by atoms with Crippen molar-refractivity contribution >= 4 is 23.6 Å². The van der Waals surface area contributed by atoms with E-state index in [1.54, 1.807) is 0 Å². The predicted octanol–water partition coefficient (Wildman–Crippen LogP) is 3.96. The van der Waals surface area contributed by atoms with Crippen LogP contribution < -0.4 is 0 Å². The van der Waals surface area contributed by atoms with Gasteiger partial charge >= 0.3 is 12.0 Å². The van der Waals surface area contributed by atoms with E-state index >= 15 is 8.78 Å². The maximum Gasteiger partial charge on any atom is 0.368 e. The number of carbonyl (C=O) groups excluding carboxylic acids is 2. The molecule has 8 nitrogen and oxygen atoms in total. The second-order valence-electron chi connectivity index (χ2n) is 9.32. The van der Waals surface area contributed by atoms with Gasteiger partial charge in [-0.25, -0.2) is 18.4 Å². The van der Waals surface area contributed by atoms with Gasteiger partial charge in [-0.3, -0.25) is 9.18 Å². The highest BCUT2D eigenvalue weighted by Gasteiger charge is 2.39. The summed E-state index contributed by atoms with van der Waals surface area (Å²) >= 11 is 0. The number of rotatable bonds is 5. The molecule has 1 saturated heterocycles. The minimum Gasteiger partial charge on any atom is -0.476 e. The van der Waals surface area contributed by atoms with Crippen molar-refractivity contribution in [3.8, 4) is 0 Å². The van der Waals surface area contributed by atoms with E-state index < -0.39 is 41.9 Å². The fourth-order valence-electron chi connectivity index (χ4n) is 5.20. The van der Waals surface area contributed by atoms with Gasteiger partial charge in [0.1, 0.15) is 11.6 Å². The molecule has 1 saturated carbocycles. The van der Waals surface area contributed by atoms with Gasteiger partial charge in [0.2, 0.25) is 0 Å². The lowest BCUT2D eigenvalue weighted by molar-refractivity contribution is 0.0445. The maximum atomic E-state index is 15.0. The molecular formula is C24H23F3N4O4. The van der Waals surface area contributed by atoms with Crippen molar-refractivity contribution < 1.29 is 32.7 Å². The van der Waals surface area contributed by atoms with Crippen molar-refractivity contribution in [1.82, 2.24) is 14.7 Å². The first kappa shape index (κ1) is 23.3. The fraction of sp³-hybridized carbons (Fsp3) is 0.458. The van der Waals surface area contributed by atoms with E-state index in [9.17, 15) is 23.9 Å². The van der Waals surface area contributed by atoms with Gasteiger partial charge in [-0.2, -0.15) is 14.8 Å². The Kier molecular flexibility index (Phi) is 5.94. The van der Waals surface area contributed by atoms with E-state index in [0.717, 1.165) is 36.1 Å². The molecule has 3 heterocycles. The van der Waals surface area contributed by atoms with Crippen LogP contribution in [-0.2, 0) is 6.42 Å². The lowest BCUT2D eigenvalue weighted by atomic mass is 9.83. The highest BCUT2D eigenvalue weighted by atomic mass is 19.1. The molecule has 0 bridgehead atoms. The number of nitrogens with zero attached hydrogens (tertiary/aromatic N) is 4. The number of carboxylic acid groups (broad SMARTS) is 1. The second-order valence-corrected chi connectivity index (χ2v) is 9.32. The minimum absolute atomic E-state index is 0.00614. The molecule has 1 aromatic heterocycles. The zero-order valence-electron chi connectivity index (χ0n) is 18.8. The molecule has 2 amide bonds. The summed E-state index contributed by atoms with van der Waals surface area (Å²) in [5.41, 5.74) is -0.865. The van der Waals surface area contributed by atoms with E-state index in [2.05, 4.69) is 10.1 Å². The Morgan fingerprint density at radius 3 is 2.34 bits per heavy atom. The zero-order valence-corrected chi connectivity index (χ0v) is 18.8. The summed E-state index contributed by atoms with van der Waals surface area (Å²) in [5.74, 6) is -4.18. The number of fused-ring (bicyclic) bond motifs is 1. The lowest BCUT2D eigenvalue weighted by Gasteiger charge is -2.37. The van der Waals surface area contributed by atoms with Gasteiger partial charge in [0, 0.05) is 36.6 Å². The molecule has 0 radical (unpaired) electrons. The van der Waals surface area contributed by atoms with Crippen LogP contribution in [0, 0.1) is 17.6 Å². The predicted molar refractivity (Wildman–Crippen MR) is 118 cm³/mol. The third-order valence-electron chi connectivity index (χ3n) is 7.03. The number of amides is 2. The van der Waals surface area contributed by atoms with Gasteiger partial charge in [-0.05, 0) is 30.9 Å². The molecular weight excluding hydrogens is 465 g/mol. The molecule has 2 aromatic rings. The zero-order chi connectivity index (χ0) is 24.9. The highest BCUT2D eigenvalue weighted by Crippen LogP contribution is 2.36. The Bertz CT molecular complexity index is 1240. The van der Waals surface area contributed by atoms with E-state index in [1.165, 1.54) is 4.90 Å². The summed E-state index contributed by atoms with van der Waals surface area (Å²) in [6.07, 6.45) is 4.03. The van der Waals surface area contributed by atoms with Crippen LogP contribution in [0.5, 0.6) is 0 Å². The minimum atomic E-state index is -1.51. The van der Waals surface area contributed by atoms with Crippen LogP contribution >= 0.6 is 0 Å². The van der Waals surface area contributed by atoms with Crippen molar-refractivity contribution in [2.45, 2.75) is 44.4 Å². The Hall–Kier alpha value is -3.50. The van der Waals surface area contributed by atoms with E-state index in [0.29, 0.717) is 12.8 Å². The topological polar surface area (TPSA) is 105 Å². The summed E-state index contributed by atoms with van der Waals surface area (Å²) in [7, 11) is 0. The highest BCUT2D eigenvalue weighted by molar-refractivity contribution is 6.13. The molecule has 184 valence electrons. The SMILES string of the molecule is O=C(O)c1nn2c(c1C(=O)N1CC(CF)C1)CC(c1cc(F)c(C3CCCCC3)c(F)c1)=NC2=O. The van der Waals surface area contributed by atoms with Crippen LogP contribution in [0.15, 0.2) is 17.1 Å². The lowest BCUT2D eigenvalue weighted by Crippen LogP contribution is -2.51. The molecule has 1 aromatic carbocycles. The molecule has 11 heteroatoms. The van der Waals surface area contributed by atoms with Crippen molar-refractivity contribution in [3.63, 3.8) is 0 Å². The fourth-order valence-corrected chi connectivity index (χ4v) is 5.20. The molecule has 5 rings (SSSR count). The standard InChI is InChI=1S/C24H23F3N4O4/c25-9-12-10-30(11-12)22(32)20-18-8-17(28-24(35)31(18)29-21(20)23(33)34)14-6-15(26)19(16(27)7-14)13-4-2-1-3-5-13/h6-7,12-13H,1-5,8-11H2,(H,33,34). The van der Waals surface area contributed by atoms with Crippen LogP contribution in [0.2, 0.25) is 0 Å². The first-order valence-corrected chi connectivity index (χ1v) is 11.6. The summed E-state index contributed by atoms with van der Waals surface area (Å²) in [5, 5.41) is 13.3. The molecule has 3 aliphatic rings. The van der Waals surface area contributed by atoms with Crippen LogP contribution in [0.4, 0.5) is 18.0 Å². The molecule has 35 heavy (non-hydrogen) atoms. The Morgan fingerprint density at radius 1 is 1.09 bits per heavy atom. The number of alkyl halides is 1. The molecule has 0 unspecified atom stereocenters. The average Bonchev–Trinajstić information content (AvgIpc) is 3.19. The number of hydrogen-bond acceptors (Lipinski definition) is 4. The number of aromatic nitrogens is 2. The Labute approximate surface area is 198 Å². The summed E-state index contributed by atoms with van der Waals surface area (Å²) in [4.78, 5) is 42.6. The molecule has 0 spiro atoms. The van der Waals surface area contributed by atoms with Crippen LogP contribution in [-0.4, -0.2) is 63.2 Å². The molecule has 0 atom stereocenters. The summed E-state index contributed by atoms with van der Waals surface area (Å²) in [6, 6.07) is 1.29. The largest absolute Gasteiger partial charge is 0.476 e. The Morgan fingerprint density at radius 2 is 1.74 bits per heavy atom. The van der Waals surface area contributed by atoms with E-state index in [1.807, 2.05) is 0 Å². The normalized spacial score (nSPS) is 18.8.